The van der Waals surface area contributed by atoms with Gasteiger partial charge in [0.1, 0.15) is 31.3 Å². The summed E-state index contributed by atoms with van der Waals surface area (Å²) >= 11 is 0. The van der Waals surface area contributed by atoms with Crippen LogP contribution in [0.15, 0.2) is 64.8 Å². The summed E-state index contributed by atoms with van der Waals surface area (Å²) in [6.45, 7) is 1.01. The van der Waals surface area contributed by atoms with Crippen molar-refractivity contribution in [2.45, 2.75) is 120 Å². The van der Waals surface area contributed by atoms with Gasteiger partial charge in [-0.25, -0.2) is 32.6 Å². The molecule has 25 heteroatoms. The third-order valence-corrected chi connectivity index (χ3v) is 16.8. The number of benzene rings is 2. The number of pyridine rings is 2. The summed E-state index contributed by atoms with van der Waals surface area (Å²) in [5.41, 5.74) is 1.77. The Balaban J connectivity index is 0.705. The molecular weight excluding hydrogens is 1100 g/mol. The van der Waals surface area contributed by atoms with Crippen molar-refractivity contribution in [2.75, 3.05) is 32.6 Å². The number of nitrogens with one attached hydrogen (secondary N) is 6. The van der Waals surface area contributed by atoms with Crippen molar-refractivity contribution >= 4 is 62.2 Å². The number of amides is 6. The van der Waals surface area contributed by atoms with Crippen molar-refractivity contribution in [2.24, 2.45) is 11.3 Å². The van der Waals surface area contributed by atoms with Crippen LogP contribution in [0.2, 0.25) is 0 Å². The van der Waals surface area contributed by atoms with Gasteiger partial charge in [-0.15, -0.1) is 0 Å². The fourth-order valence-corrected chi connectivity index (χ4v) is 11.4. The lowest BCUT2D eigenvalue weighted by molar-refractivity contribution is -0.173. The fraction of sp³-hybridized carbons (Fsp3) is 0.431. The number of hydrogen-bond donors (Lipinski definition) is 7. The number of carbonyl (C=O) groups is 7. The van der Waals surface area contributed by atoms with Crippen molar-refractivity contribution in [3.05, 3.63) is 116 Å². The van der Waals surface area contributed by atoms with Crippen LogP contribution in [0.5, 0.6) is 0 Å². The quantitative estimate of drug-likeness (QED) is 0.0232. The molecule has 6 amide bonds. The molecule has 0 saturated heterocycles. The molecule has 0 unspecified atom stereocenters. The van der Waals surface area contributed by atoms with E-state index in [9.17, 15) is 51.9 Å². The molecule has 5 aliphatic rings. The zero-order chi connectivity index (χ0) is 59.0. The summed E-state index contributed by atoms with van der Waals surface area (Å²) in [4.78, 5) is 119. The molecule has 0 radical (unpaired) electrons. The van der Waals surface area contributed by atoms with Crippen molar-refractivity contribution in [1.29, 1.82) is 0 Å². The Morgan fingerprint density at radius 2 is 1.63 bits per heavy atom. The molecule has 5 heterocycles. The van der Waals surface area contributed by atoms with Crippen molar-refractivity contribution in [3.63, 3.8) is 0 Å². The third-order valence-electron chi connectivity index (χ3n) is 15.9. The van der Waals surface area contributed by atoms with Gasteiger partial charge < -0.3 is 51.0 Å². The second-order valence-electron chi connectivity index (χ2n) is 21.9. The van der Waals surface area contributed by atoms with E-state index < -0.39 is 112 Å². The summed E-state index contributed by atoms with van der Waals surface area (Å²) in [6.07, 6.45) is 7.03. The van der Waals surface area contributed by atoms with Crippen molar-refractivity contribution < 1.29 is 61.0 Å². The Labute approximate surface area is 475 Å². The van der Waals surface area contributed by atoms with E-state index in [1.54, 1.807) is 43.3 Å². The molecule has 3 aromatic heterocycles. The second-order valence-corrected chi connectivity index (χ2v) is 23.8. The monoisotopic (exact) mass is 1160 g/mol. The van der Waals surface area contributed by atoms with E-state index in [4.69, 9.17) is 14.5 Å². The summed E-state index contributed by atoms with van der Waals surface area (Å²) < 4.78 is 51.3. The predicted octanol–water partition coefficient (Wildman–Crippen LogP) is 1.38. The van der Waals surface area contributed by atoms with Gasteiger partial charge in [-0.05, 0) is 86.6 Å². The zero-order valence-electron chi connectivity index (χ0n) is 45.7. The zero-order valence-corrected chi connectivity index (χ0v) is 46.6. The molecule has 2 fully saturated rings. The summed E-state index contributed by atoms with van der Waals surface area (Å²) in [5, 5.41) is 27.9. The first-order valence-electron chi connectivity index (χ1n) is 27.3. The SMILES string of the molecule is Cc1c(F)cc2nc3c(c4c2c1CC[C@@H]4NC(=O)[C@@H](C)OCNC(=O)CNC(=O)[C@H](Cc1ccccc1)NC(=O)CNC(=O)CNC(=O)C1(CCC#Cc2cnc(S(C)(=O)=O)nc2)CC1)Cn1c-3cc2c(c1=O)COC(=O)[C@]2(O)CC1CC1. The Kier molecular flexibility index (Phi) is 16.3. The average molecular weight is 1160 g/mol. The van der Waals surface area contributed by atoms with Crippen LogP contribution in [0.3, 0.4) is 0 Å². The van der Waals surface area contributed by atoms with Gasteiger partial charge in [0.25, 0.3) is 5.56 Å². The van der Waals surface area contributed by atoms with Gasteiger partial charge in [0.15, 0.2) is 5.60 Å². The van der Waals surface area contributed by atoms with Crippen molar-refractivity contribution in [3.8, 4) is 23.2 Å². The summed E-state index contributed by atoms with van der Waals surface area (Å²) in [6, 6.07) is 9.90. The van der Waals surface area contributed by atoms with Gasteiger partial charge in [-0.2, -0.15) is 0 Å². The number of hydrogen-bond acceptors (Lipinski definition) is 16. The average Bonchev–Trinajstić information content (AvgIpc) is 2.96. The van der Waals surface area contributed by atoms with Crippen LogP contribution in [0.4, 0.5) is 4.39 Å². The van der Waals surface area contributed by atoms with Crippen LogP contribution in [0.1, 0.15) is 109 Å². The van der Waals surface area contributed by atoms with Gasteiger partial charge in [0.05, 0.1) is 65.7 Å². The lowest BCUT2D eigenvalue weighted by Gasteiger charge is -2.32. The number of sulfone groups is 1. The van der Waals surface area contributed by atoms with Crippen LogP contribution < -0.4 is 37.5 Å². The van der Waals surface area contributed by atoms with Gasteiger partial charge in [-0.1, -0.05) is 55.0 Å². The maximum atomic E-state index is 15.5. The molecule has 434 valence electrons. The minimum absolute atomic E-state index is 0.0297. The molecule has 23 nitrogen and oxygen atoms in total. The number of halogens is 1. The number of cyclic esters (lactones) is 1. The smallest absolute Gasteiger partial charge is 0.343 e. The standard InChI is InChI=1S/C58H61FN10O13S/c1-31-36-14-15-41(49-37-28-69-44(50(37)67-42(48(36)49)21-40(31)59)20-39-38(53(69)75)29-81-55(77)58(39,78)22-34-12-13-34)68-51(73)32(2)82-30-65-46(71)25-61-52(74)43(19-33-9-5-4-6-10-33)66-47(72)27-60-45(70)26-62-54(76)57(17-18-57)16-8-7-11-35-23-63-56(64-24-35)83(3,79)80/h4-6,9-10,20-21,23-24,32,34,41,43,78H,8,12-19,22,25-30H2,1-3H3,(H,60,70)(H,61,74)(H,62,76)(H,65,71)(H,66,72)(H,68,73)/t32-,41+,43+,58+/m1/s1. The fourth-order valence-electron chi connectivity index (χ4n) is 10.9. The maximum absolute atomic E-state index is 15.5. The Morgan fingerprint density at radius 1 is 0.916 bits per heavy atom. The van der Waals surface area contributed by atoms with Gasteiger partial charge in [0.2, 0.25) is 50.4 Å². The number of fused-ring (bicyclic) bond motifs is 5. The van der Waals surface area contributed by atoms with Crippen LogP contribution in [0, 0.1) is 35.9 Å². The first-order valence-corrected chi connectivity index (χ1v) is 29.2. The molecule has 3 aliphatic carbocycles. The lowest BCUT2D eigenvalue weighted by atomic mass is 9.81. The van der Waals surface area contributed by atoms with E-state index in [2.05, 4.69) is 53.7 Å². The highest BCUT2D eigenvalue weighted by molar-refractivity contribution is 7.90. The van der Waals surface area contributed by atoms with E-state index >= 15 is 4.39 Å². The maximum Gasteiger partial charge on any atom is 0.343 e. The molecule has 2 saturated carbocycles. The minimum atomic E-state index is -3.55. The first kappa shape index (κ1) is 57.8. The number of aromatic nitrogens is 4. The summed E-state index contributed by atoms with van der Waals surface area (Å²) in [5.74, 6) is 0.971. The Hall–Kier alpha value is -8.47. The number of nitrogens with zero attached hydrogens (tertiary/aromatic N) is 4. The van der Waals surface area contributed by atoms with Gasteiger partial charge in [0, 0.05) is 54.1 Å². The first-order chi connectivity index (χ1) is 39.6. The number of carbonyl (C=O) groups excluding carboxylic acids is 7. The lowest BCUT2D eigenvalue weighted by Crippen LogP contribution is -2.52. The van der Waals surface area contributed by atoms with Gasteiger partial charge >= 0.3 is 5.97 Å². The normalized spacial score (nSPS) is 18.6. The number of ether oxygens (including phenoxy) is 2. The molecule has 10 rings (SSSR count). The molecule has 0 spiro atoms. The molecule has 0 bridgehead atoms. The number of esters is 1. The number of rotatable bonds is 21. The van der Waals surface area contributed by atoms with Crippen LogP contribution in [-0.2, 0) is 84.5 Å². The molecule has 83 heavy (non-hydrogen) atoms. The highest BCUT2D eigenvalue weighted by atomic mass is 32.2. The highest BCUT2D eigenvalue weighted by Gasteiger charge is 2.51. The number of aliphatic hydroxyl groups is 1. The summed E-state index contributed by atoms with van der Waals surface area (Å²) in [7, 11) is -3.55. The van der Waals surface area contributed by atoms with Crippen LogP contribution >= 0.6 is 0 Å². The van der Waals surface area contributed by atoms with E-state index in [1.807, 2.05) is 0 Å². The van der Waals surface area contributed by atoms with Crippen LogP contribution in [-0.4, -0.2) is 119 Å². The molecule has 2 aliphatic heterocycles. The van der Waals surface area contributed by atoms with E-state index in [0.717, 1.165) is 24.7 Å². The molecule has 2 aromatic carbocycles. The van der Waals surface area contributed by atoms with Gasteiger partial charge in [-0.3, -0.25) is 33.6 Å². The predicted molar refractivity (Wildman–Crippen MR) is 293 cm³/mol. The molecule has 5 aromatic rings. The largest absolute Gasteiger partial charge is 0.458 e. The molecule has 7 N–H and O–H groups in total. The van der Waals surface area contributed by atoms with Crippen LogP contribution in [0.25, 0.3) is 22.3 Å². The Bertz CT molecular complexity index is 3750. The van der Waals surface area contributed by atoms with E-state index in [-0.39, 0.29) is 54.1 Å². The second kappa shape index (κ2) is 23.4. The van der Waals surface area contributed by atoms with Crippen molar-refractivity contribution in [1.82, 2.24) is 51.4 Å². The Morgan fingerprint density at radius 3 is 2.34 bits per heavy atom. The third kappa shape index (κ3) is 12.5. The molecule has 4 atom stereocenters. The topological polar surface area (TPSA) is 325 Å². The highest BCUT2D eigenvalue weighted by Crippen LogP contribution is 2.50. The minimum Gasteiger partial charge on any atom is -0.458 e. The number of aryl methyl sites for hydroxylation is 1. The molecular formula is C58H61FN10O13S. The van der Waals surface area contributed by atoms with E-state index in [0.29, 0.717) is 88.6 Å². The van der Waals surface area contributed by atoms with E-state index in [1.165, 1.54) is 30.0 Å².